The van der Waals surface area contributed by atoms with E-state index in [0.29, 0.717) is 6.42 Å². The molecule has 0 unspecified atom stereocenters. The highest BCUT2D eigenvalue weighted by Crippen LogP contribution is 1.96. The summed E-state index contributed by atoms with van der Waals surface area (Å²) in [6, 6.07) is 4.82. The normalized spacial score (nSPS) is 11.5. The number of nitrogens with two attached hydrogens (primary N) is 2. The lowest BCUT2D eigenvalue weighted by Crippen LogP contribution is -2.38. The highest BCUT2D eigenvalue weighted by Gasteiger charge is 2.09. The summed E-state index contributed by atoms with van der Waals surface area (Å²) in [5.74, 6) is -0.499. The minimum Gasteiger partial charge on any atom is -0.368 e. The number of amides is 1. The highest BCUT2D eigenvalue weighted by atomic mass is 35.5. The zero-order valence-electron chi connectivity index (χ0n) is 7.01. The Kier molecular flexibility index (Phi) is 5.03. The topological polar surface area (TPSA) is 82.0 Å². The van der Waals surface area contributed by atoms with E-state index in [9.17, 15) is 4.79 Å². The van der Waals surface area contributed by atoms with Gasteiger partial charge in [0.25, 0.3) is 0 Å². The molecule has 13 heavy (non-hydrogen) atoms. The molecule has 0 aliphatic heterocycles. The number of aromatic nitrogens is 1. The van der Waals surface area contributed by atoms with Crippen LogP contribution >= 0.6 is 12.4 Å². The second-order valence-electron chi connectivity index (χ2n) is 2.53. The van der Waals surface area contributed by atoms with Crippen LogP contribution in [0.4, 0.5) is 0 Å². The molecule has 1 amide bonds. The zero-order valence-corrected chi connectivity index (χ0v) is 7.83. The molecule has 0 radical (unpaired) electrons. The summed E-state index contributed by atoms with van der Waals surface area (Å²) in [7, 11) is 0. The Hall–Kier alpha value is -1.13. The van der Waals surface area contributed by atoms with Crippen molar-refractivity contribution in [2.75, 3.05) is 0 Å². The lowest BCUT2D eigenvalue weighted by atomic mass is 10.1. The molecule has 4 nitrogen and oxygen atoms in total. The number of halogens is 1. The fourth-order valence-electron chi connectivity index (χ4n) is 0.845. The number of pyridine rings is 1. The third-order valence-corrected chi connectivity index (χ3v) is 1.52. The molecule has 0 saturated heterocycles. The maximum atomic E-state index is 10.6. The SMILES string of the molecule is Cl.NC(=O)[C@H](N)Cc1ccccn1. The second-order valence-corrected chi connectivity index (χ2v) is 2.53. The zero-order chi connectivity index (χ0) is 8.97. The molecule has 0 aliphatic rings. The van der Waals surface area contributed by atoms with E-state index in [1.807, 2.05) is 12.1 Å². The predicted octanol–water partition coefficient (Wildman–Crippen LogP) is -0.142. The van der Waals surface area contributed by atoms with Crippen LogP contribution < -0.4 is 11.5 Å². The predicted molar refractivity (Wildman–Crippen MR) is 52.4 cm³/mol. The monoisotopic (exact) mass is 201 g/mol. The van der Waals surface area contributed by atoms with Crippen molar-refractivity contribution >= 4 is 18.3 Å². The van der Waals surface area contributed by atoms with Gasteiger partial charge in [0.15, 0.2) is 0 Å². The van der Waals surface area contributed by atoms with Crippen LogP contribution in [0.1, 0.15) is 5.69 Å². The van der Waals surface area contributed by atoms with Crippen LogP contribution in [0.15, 0.2) is 24.4 Å². The van der Waals surface area contributed by atoms with Gasteiger partial charge in [-0.05, 0) is 12.1 Å². The van der Waals surface area contributed by atoms with Gasteiger partial charge in [0.1, 0.15) is 0 Å². The van der Waals surface area contributed by atoms with Gasteiger partial charge < -0.3 is 11.5 Å². The number of hydrogen-bond acceptors (Lipinski definition) is 3. The van der Waals surface area contributed by atoms with Gasteiger partial charge in [-0.3, -0.25) is 9.78 Å². The van der Waals surface area contributed by atoms with Gasteiger partial charge >= 0.3 is 0 Å². The quantitative estimate of drug-likeness (QED) is 0.714. The Morgan fingerprint density at radius 2 is 2.23 bits per heavy atom. The van der Waals surface area contributed by atoms with Crippen molar-refractivity contribution in [2.45, 2.75) is 12.5 Å². The Bertz CT molecular complexity index is 265. The van der Waals surface area contributed by atoms with Gasteiger partial charge in [-0.2, -0.15) is 0 Å². The summed E-state index contributed by atoms with van der Waals surface area (Å²) < 4.78 is 0. The van der Waals surface area contributed by atoms with Gasteiger partial charge in [-0.1, -0.05) is 6.07 Å². The Morgan fingerprint density at radius 3 is 2.69 bits per heavy atom. The van der Waals surface area contributed by atoms with Crippen molar-refractivity contribution in [3.8, 4) is 0 Å². The minimum atomic E-state index is -0.639. The molecule has 0 saturated carbocycles. The number of nitrogens with zero attached hydrogens (tertiary/aromatic N) is 1. The van der Waals surface area contributed by atoms with Crippen LogP contribution in [0.2, 0.25) is 0 Å². The molecule has 1 aromatic heterocycles. The van der Waals surface area contributed by atoms with E-state index in [2.05, 4.69) is 4.98 Å². The summed E-state index contributed by atoms with van der Waals surface area (Å²) in [5.41, 5.74) is 11.2. The summed E-state index contributed by atoms with van der Waals surface area (Å²) in [6.07, 6.45) is 2.05. The first kappa shape index (κ1) is 11.9. The van der Waals surface area contributed by atoms with Crippen LogP contribution in [0, 0.1) is 0 Å². The van der Waals surface area contributed by atoms with Gasteiger partial charge in [0.2, 0.25) is 5.91 Å². The first-order valence-corrected chi connectivity index (χ1v) is 3.65. The first-order chi connectivity index (χ1) is 5.70. The highest BCUT2D eigenvalue weighted by molar-refractivity contribution is 5.85. The molecule has 0 bridgehead atoms. The summed E-state index contributed by atoms with van der Waals surface area (Å²) in [6.45, 7) is 0. The van der Waals surface area contributed by atoms with Crippen molar-refractivity contribution in [1.29, 1.82) is 0 Å². The van der Waals surface area contributed by atoms with Crippen LogP contribution in [0.5, 0.6) is 0 Å². The fraction of sp³-hybridized carbons (Fsp3) is 0.250. The van der Waals surface area contributed by atoms with Crippen molar-refractivity contribution in [1.82, 2.24) is 4.98 Å². The maximum absolute atomic E-state index is 10.6. The van der Waals surface area contributed by atoms with Crippen LogP contribution in [-0.2, 0) is 11.2 Å². The smallest absolute Gasteiger partial charge is 0.234 e. The number of rotatable bonds is 3. The molecule has 4 N–H and O–H groups in total. The first-order valence-electron chi connectivity index (χ1n) is 3.65. The molecule has 72 valence electrons. The third-order valence-electron chi connectivity index (χ3n) is 1.52. The Labute approximate surface area is 82.7 Å². The molecule has 0 aliphatic carbocycles. The van der Waals surface area contributed by atoms with E-state index in [0.717, 1.165) is 5.69 Å². The van der Waals surface area contributed by atoms with E-state index < -0.39 is 11.9 Å². The lowest BCUT2D eigenvalue weighted by Gasteiger charge is -2.05. The van der Waals surface area contributed by atoms with Crippen LogP contribution in [0.3, 0.4) is 0 Å². The maximum Gasteiger partial charge on any atom is 0.234 e. The van der Waals surface area contributed by atoms with Gasteiger partial charge in [0, 0.05) is 18.3 Å². The Morgan fingerprint density at radius 1 is 1.54 bits per heavy atom. The summed E-state index contributed by atoms with van der Waals surface area (Å²) in [4.78, 5) is 14.6. The molecule has 1 aromatic rings. The number of primary amides is 1. The molecule has 5 heteroatoms. The molecule has 1 rings (SSSR count). The lowest BCUT2D eigenvalue weighted by molar-refractivity contribution is -0.119. The van der Waals surface area contributed by atoms with Gasteiger partial charge in [-0.25, -0.2) is 0 Å². The molecule has 0 fully saturated rings. The van der Waals surface area contributed by atoms with Crippen molar-refractivity contribution < 1.29 is 4.79 Å². The van der Waals surface area contributed by atoms with Gasteiger partial charge in [-0.15, -0.1) is 12.4 Å². The van der Waals surface area contributed by atoms with Gasteiger partial charge in [0.05, 0.1) is 6.04 Å². The molecule has 0 spiro atoms. The van der Waals surface area contributed by atoms with Crippen molar-refractivity contribution in [2.24, 2.45) is 11.5 Å². The molecule has 1 heterocycles. The second kappa shape index (κ2) is 5.50. The summed E-state index contributed by atoms with van der Waals surface area (Å²) >= 11 is 0. The number of carbonyl (C=O) groups is 1. The third kappa shape index (κ3) is 3.87. The number of hydrogen-bond donors (Lipinski definition) is 2. The largest absolute Gasteiger partial charge is 0.368 e. The van der Waals surface area contributed by atoms with E-state index in [-0.39, 0.29) is 12.4 Å². The van der Waals surface area contributed by atoms with E-state index >= 15 is 0 Å². The minimum absolute atomic E-state index is 0. The van der Waals surface area contributed by atoms with Crippen molar-refractivity contribution in [3.63, 3.8) is 0 Å². The van der Waals surface area contributed by atoms with Crippen molar-refractivity contribution in [3.05, 3.63) is 30.1 Å². The van der Waals surface area contributed by atoms with Crippen LogP contribution in [-0.4, -0.2) is 16.9 Å². The summed E-state index contributed by atoms with van der Waals surface area (Å²) in [5, 5.41) is 0. The number of carbonyl (C=O) groups excluding carboxylic acids is 1. The molecule has 0 aromatic carbocycles. The van der Waals surface area contributed by atoms with E-state index in [1.165, 1.54) is 0 Å². The average molecular weight is 202 g/mol. The average Bonchev–Trinajstić information content (AvgIpc) is 2.06. The van der Waals surface area contributed by atoms with E-state index in [4.69, 9.17) is 11.5 Å². The fourth-order valence-corrected chi connectivity index (χ4v) is 0.845. The molecular formula is C8H12ClN3O. The van der Waals surface area contributed by atoms with E-state index in [1.54, 1.807) is 12.3 Å². The molecule has 1 atom stereocenters. The molecular weight excluding hydrogens is 190 g/mol. The standard InChI is InChI=1S/C8H11N3O.ClH/c9-7(8(10)12)5-6-3-1-2-4-11-6;/h1-4,7H,5,9H2,(H2,10,12);1H/t7-;/m1./s1. The Balaban J connectivity index is 0.00000144. The van der Waals surface area contributed by atoms with Crippen LogP contribution in [0.25, 0.3) is 0 Å².